The lowest BCUT2D eigenvalue weighted by molar-refractivity contribution is -0.870. The Labute approximate surface area is 379 Å². The molecule has 0 rings (SSSR count). The molecule has 362 valence electrons. The fourth-order valence-electron chi connectivity index (χ4n) is 7.74. The van der Waals surface area contributed by atoms with E-state index in [0.717, 1.165) is 38.5 Å². The molecule has 0 spiro atoms. The second kappa shape index (κ2) is 44.2. The number of aliphatic hydroxyl groups is 1. The Hall–Kier alpha value is -1.02. The van der Waals surface area contributed by atoms with Gasteiger partial charge in [0.05, 0.1) is 39.9 Å². The summed E-state index contributed by atoms with van der Waals surface area (Å²) in [6.45, 7) is 4.81. The van der Waals surface area contributed by atoms with E-state index in [0.29, 0.717) is 17.4 Å². The third kappa shape index (κ3) is 46.8. The van der Waals surface area contributed by atoms with Crippen LogP contribution >= 0.6 is 7.82 Å². The van der Waals surface area contributed by atoms with Crippen molar-refractivity contribution in [3.05, 3.63) is 24.3 Å². The predicted octanol–water partition coefficient (Wildman–Crippen LogP) is 15.3. The Morgan fingerprint density at radius 1 is 0.541 bits per heavy atom. The van der Waals surface area contributed by atoms with Crippen LogP contribution in [0.2, 0.25) is 0 Å². The van der Waals surface area contributed by atoms with Crippen LogP contribution in [-0.4, -0.2) is 73.4 Å². The average molecular weight is 884 g/mol. The maximum atomic E-state index is 12.9. The molecule has 0 saturated carbocycles. The smallest absolute Gasteiger partial charge is 0.387 e. The van der Waals surface area contributed by atoms with Crippen LogP contribution in [0.3, 0.4) is 0 Å². The summed E-state index contributed by atoms with van der Waals surface area (Å²) in [6.07, 6.45) is 54.2. The summed E-state index contributed by atoms with van der Waals surface area (Å²) in [4.78, 5) is 23.1. The molecule has 0 aromatic carbocycles. The summed E-state index contributed by atoms with van der Waals surface area (Å²) >= 11 is 0. The number of unbranched alkanes of at least 4 members (excludes halogenated alkanes) is 33. The summed E-state index contributed by atoms with van der Waals surface area (Å²) in [5.74, 6) is -0.175. The molecule has 3 unspecified atom stereocenters. The van der Waals surface area contributed by atoms with Crippen LogP contribution in [0.4, 0.5) is 0 Å². The largest absolute Gasteiger partial charge is 0.472 e. The van der Waals surface area contributed by atoms with E-state index in [1.165, 1.54) is 193 Å². The minimum atomic E-state index is -4.33. The minimum Gasteiger partial charge on any atom is -0.387 e. The van der Waals surface area contributed by atoms with E-state index in [2.05, 4.69) is 31.3 Å². The van der Waals surface area contributed by atoms with Gasteiger partial charge in [-0.2, -0.15) is 0 Å². The van der Waals surface area contributed by atoms with Crippen LogP contribution in [0.25, 0.3) is 0 Å². The molecule has 0 aromatic heterocycles. The van der Waals surface area contributed by atoms with Gasteiger partial charge in [0.2, 0.25) is 5.91 Å². The van der Waals surface area contributed by atoms with Gasteiger partial charge in [0.1, 0.15) is 13.2 Å². The molecular formula is C52H104N2O6P+. The standard InChI is InChI=1S/C52H103N2O6P/c1-6-8-10-12-14-16-18-19-20-21-22-23-24-25-26-27-28-29-30-31-32-33-34-35-36-38-40-42-44-46-52(56)53-50(49-60-61(57,58)59-48-47-54(3,4)5)51(55)45-43-41-39-37-17-15-13-11-9-7-2/h21-22,43,45,50-51,55H,6-20,23-42,44,46-49H2,1-5H3,(H-,53,56,57,58)/p+1/b22-21-,45-43+. The number of hydrogen-bond donors (Lipinski definition) is 3. The first kappa shape index (κ1) is 60.0. The molecule has 1 amide bonds. The maximum absolute atomic E-state index is 12.9. The number of phosphoric ester groups is 1. The van der Waals surface area contributed by atoms with E-state index in [4.69, 9.17) is 9.05 Å². The van der Waals surface area contributed by atoms with Crippen molar-refractivity contribution >= 4 is 13.7 Å². The number of phosphoric acid groups is 1. The Kier molecular flexibility index (Phi) is 43.5. The van der Waals surface area contributed by atoms with Gasteiger partial charge in [0.15, 0.2) is 0 Å². The third-order valence-corrected chi connectivity index (χ3v) is 12.9. The summed E-state index contributed by atoms with van der Waals surface area (Å²) in [5.41, 5.74) is 0. The van der Waals surface area contributed by atoms with Gasteiger partial charge < -0.3 is 19.8 Å². The Morgan fingerprint density at radius 3 is 1.26 bits per heavy atom. The number of amides is 1. The molecule has 0 aliphatic rings. The van der Waals surface area contributed by atoms with E-state index in [1.807, 2.05) is 27.2 Å². The number of allylic oxidation sites excluding steroid dienone is 3. The van der Waals surface area contributed by atoms with E-state index < -0.39 is 20.0 Å². The van der Waals surface area contributed by atoms with E-state index in [1.54, 1.807) is 6.08 Å². The molecule has 0 bridgehead atoms. The van der Waals surface area contributed by atoms with Crippen molar-refractivity contribution in [3.8, 4) is 0 Å². The van der Waals surface area contributed by atoms with E-state index >= 15 is 0 Å². The topological polar surface area (TPSA) is 105 Å². The van der Waals surface area contributed by atoms with Gasteiger partial charge in [-0.15, -0.1) is 0 Å². The van der Waals surface area contributed by atoms with Gasteiger partial charge in [-0.05, 0) is 44.9 Å². The molecule has 0 aliphatic carbocycles. The summed E-state index contributed by atoms with van der Waals surface area (Å²) < 4.78 is 23.6. The maximum Gasteiger partial charge on any atom is 0.472 e. The number of quaternary nitrogens is 1. The second-order valence-corrected chi connectivity index (χ2v) is 20.7. The Balaban J connectivity index is 4.02. The highest BCUT2D eigenvalue weighted by atomic mass is 31.2. The lowest BCUT2D eigenvalue weighted by Crippen LogP contribution is -2.45. The zero-order valence-corrected chi connectivity index (χ0v) is 42.1. The van der Waals surface area contributed by atoms with Gasteiger partial charge in [-0.3, -0.25) is 13.8 Å². The molecule has 0 aliphatic heterocycles. The number of carbonyl (C=O) groups is 1. The minimum absolute atomic E-state index is 0.0633. The van der Waals surface area contributed by atoms with Crippen LogP contribution in [0.1, 0.15) is 251 Å². The molecule has 61 heavy (non-hydrogen) atoms. The number of carbonyl (C=O) groups excluding carboxylic acids is 1. The van der Waals surface area contributed by atoms with Gasteiger partial charge in [-0.1, -0.05) is 224 Å². The van der Waals surface area contributed by atoms with Crippen LogP contribution in [0.5, 0.6) is 0 Å². The fourth-order valence-corrected chi connectivity index (χ4v) is 8.48. The number of hydrogen-bond acceptors (Lipinski definition) is 5. The highest BCUT2D eigenvalue weighted by Crippen LogP contribution is 2.43. The first-order valence-corrected chi connectivity index (χ1v) is 27.7. The Bertz CT molecular complexity index is 1050. The lowest BCUT2D eigenvalue weighted by Gasteiger charge is -2.25. The SMILES string of the molecule is CCCCCCCCCC/C=C\CCCCCCCCCCCCCCCCCCCC(=O)NC(COP(=O)(O)OCC[N+](C)(C)C)C(O)/C=C/CCCCCCCCCC. The van der Waals surface area contributed by atoms with Crippen molar-refractivity contribution in [1.29, 1.82) is 0 Å². The zero-order valence-electron chi connectivity index (χ0n) is 41.2. The quantitative estimate of drug-likeness (QED) is 0.0243. The summed E-state index contributed by atoms with van der Waals surface area (Å²) in [7, 11) is 1.58. The van der Waals surface area contributed by atoms with Crippen LogP contribution in [0.15, 0.2) is 24.3 Å². The number of rotatable bonds is 48. The van der Waals surface area contributed by atoms with Crippen molar-refractivity contribution in [2.45, 2.75) is 264 Å². The molecule has 3 atom stereocenters. The molecule has 0 heterocycles. The van der Waals surface area contributed by atoms with Crippen LogP contribution in [-0.2, 0) is 18.4 Å². The van der Waals surface area contributed by atoms with Crippen molar-refractivity contribution in [2.24, 2.45) is 0 Å². The molecule has 0 fully saturated rings. The normalized spacial score (nSPS) is 14.3. The predicted molar refractivity (Wildman–Crippen MR) is 263 cm³/mol. The van der Waals surface area contributed by atoms with Crippen molar-refractivity contribution in [3.63, 3.8) is 0 Å². The van der Waals surface area contributed by atoms with Gasteiger partial charge in [0.25, 0.3) is 0 Å². The van der Waals surface area contributed by atoms with Crippen molar-refractivity contribution in [2.75, 3.05) is 40.9 Å². The highest BCUT2D eigenvalue weighted by molar-refractivity contribution is 7.47. The Morgan fingerprint density at radius 2 is 0.885 bits per heavy atom. The molecule has 9 heteroatoms. The van der Waals surface area contributed by atoms with Gasteiger partial charge >= 0.3 is 7.82 Å². The summed E-state index contributed by atoms with van der Waals surface area (Å²) in [6, 6.07) is -0.841. The number of nitrogens with one attached hydrogen (secondary N) is 1. The third-order valence-electron chi connectivity index (χ3n) is 11.9. The van der Waals surface area contributed by atoms with Crippen LogP contribution < -0.4 is 5.32 Å². The van der Waals surface area contributed by atoms with Crippen molar-refractivity contribution < 1.29 is 32.9 Å². The number of likely N-dealkylation sites (N-methyl/N-ethyl adjacent to an activating group) is 1. The molecule has 0 aromatic rings. The lowest BCUT2D eigenvalue weighted by atomic mass is 10.0. The molecule has 0 radical (unpaired) electrons. The molecule has 3 N–H and O–H groups in total. The highest BCUT2D eigenvalue weighted by Gasteiger charge is 2.27. The van der Waals surface area contributed by atoms with Gasteiger partial charge in [0, 0.05) is 6.42 Å². The first-order chi connectivity index (χ1) is 29.5. The van der Waals surface area contributed by atoms with E-state index in [-0.39, 0.29) is 19.1 Å². The van der Waals surface area contributed by atoms with Gasteiger partial charge in [-0.25, -0.2) is 4.57 Å². The van der Waals surface area contributed by atoms with E-state index in [9.17, 15) is 19.4 Å². The monoisotopic (exact) mass is 884 g/mol. The first-order valence-electron chi connectivity index (χ1n) is 26.2. The molecule has 8 nitrogen and oxygen atoms in total. The molecular weight excluding hydrogens is 780 g/mol. The fraction of sp³-hybridized carbons (Fsp3) is 0.904. The van der Waals surface area contributed by atoms with Crippen molar-refractivity contribution in [1.82, 2.24) is 5.32 Å². The number of aliphatic hydroxyl groups excluding tert-OH is 1. The average Bonchev–Trinajstić information content (AvgIpc) is 3.21. The number of nitrogens with zero attached hydrogens (tertiary/aromatic N) is 1. The molecule has 0 saturated heterocycles. The zero-order chi connectivity index (χ0) is 45.0. The second-order valence-electron chi connectivity index (χ2n) is 19.3. The van der Waals surface area contributed by atoms with Crippen LogP contribution in [0, 0.1) is 0 Å². The summed E-state index contributed by atoms with van der Waals surface area (Å²) in [5, 5.41) is 13.8.